The van der Waals surface area contributed by atoms with E-state index in [1.54, 1.807) is 0 Å². The van der Waals surface area contributed by atoms with Crippen LogP contribution in [0.2, 0.25) is 0 Å². The first kappa shape index (κ1) is 19.7. The molecule has 0 saturated carbocycles. The summed E-state index contributed by atoms with van der Waals surface area (Å²) in [6.45, 7) is 9.93. The highest BCUT2D eigenvalue weighted by Crippen LogP contribution is 2.18. The van der Waals surface area contributed by atoms with Gasteiger partial charge in [-0.15, -0.1) is 0 Å². The van der Waals surface area contributed by atoms with Gasteiger partial charge in [-0.05, 0) is 38.3 Å². The number of morpholine rings is 1. The van der Waals surface area contributed by atoms with Gasteiger partial charge in [0, 0.05) is 55.9 Å². The molecule has 0 bridgehead atoms. The van der Waals surface area contributed by atoms with Gasteiger partial charge in [-0.3, -0.25) is 9.89 Å². The molecule has 6 nitrogen and oxygen atoms in total. The Bertz CT molecular complexity index is 746. The molecule has 3 N–H and O–H groups in total. The van der Waals surface area contributed by atoms with Crippen LogP contribution in [0.5, 0.6) is 0 Å². The van der Waals surface area contributed by atoms with E-state index in [0.29, 0.717) is 0 Å². The average molecular weight is 372 g/mol. The number of benzene rings is 1. The van der Waals surface area contributed by atoms with Crippen LogP contribution in [-0.2, 0) is 11.2 Å². The fourth-order valence-electron chi connectivity index (χ4n) is 3.63. The van der Waals surface area contributed by atoms with Crippen molar-refractivity contribution in [1.82, 2.24) is 20.5 Å². The summed E-state index contributed by atoms with van der Waals surface area (Å²) in [5.41, 5.74) is 2.66. The Labute approximate surface area is 162 Å². The van der Waals surface area contributed by atoms with Crippen LogP contribution in [0.4, 0.5) is 0 Å². The molecule has 148 valence electrons. The molecule has 0 unspecified atom stereocenters. The molecule has 1 fully saturated rings. The van der Waals surface area contributed by atoms with Crippen LogP contribution < -0.4 is 10.6 Å². The normalized spacial score (nSPS) is 16.6. The average Bonchev–Trinajstić information content (AvgIpc) is 3.11. The minimum absolute atomic E-state index is 0.0748. The van der Waals surface area contributed by atoms with Gasteiger partial charge in [0.1, 0.15) is 0 Å². The zero-order valence-corrected chi connectivity index (χ0v) is 16.8. The van der Waals surface area contributed by atoms with Crippen molar-refractivity contribution in [3.63, 3.8) is 0 Å². The van der Waals surface area contributed by atoms with Gasteiger partial charge in [-0.25, -0.2) is 0 Å². The summed E-state index contributed by atoms with van der Waals surface area (Å²) in [4.78, 5) is 10.2. The summed E-state index contributed by atoms with van der Waals surface area (Å²) in [5.74, 6) is 0.871. The number of guanidine groups is 1. The van der Waals surface area contributed by atoms with Gasteiger partial charge >= 0.3 is 0 Å². The van der Waals surface area contributed by atoms with E-state index >= 15 is 0 Å². The monoisotopic (exact) mass is 371 g/mol. The second-order valence-corrected chi connectivity index (χ2v) is 7.73. The Hall–Kier alpha value is -2.05. The summed E-state index contributed by atoms with van der Waals surface area (Å²) in [6.07, 6.45) is 4.24. The molecule has 0 atom stereocenters. The lowest BCUT2D eigenvalue weighted by Gasteiger charge is -2.41. The predicted molar refractivity (Wildman–Crippen MR) is 112 cm³/mol. The number of aromatic nitrogens is 1. The van der Waals surface area contributed by atoms with Crippen molar-refractivity contribution < 1.29 is 4.74 Å². The van der Waals surface area contributed by atoms with E-state index in [-0.39, 0.29) is 5.54 Å². The maximum Gasteiger partial charge on any atom is 0.191 e. The number of para-hydroxylation sites is 1. The number of fused-ring (bicyclic) bond motifs is 1. The number of nitrogens with one attached hydrogen (secondary N) is 3. The summed E-state index contributed by atoms with van der Waals surface area (Å²) in [6, 6.07) is 8.47. The maximum atomic E-state index is 5.46. The van der Waals surface area contributed by atoms with Crippen molar-refractivity contribution in [1.29, 1.82) is 0 Å². The van der Waals surface area contributed by atoms with E-state index in [2.05, 4.69) is 69.8 Å². The van der Waals surface area contributed by atoms with Crippen LogP contribution in [0, 0.1) is 0 Å². The number of aryl methyl sites for hydroxylation is 1. The highest BCUT2D eigenvalue weighted by Gasteiger charge is 2.28. The molecule has 3 rings (SSSR count). The van der Waals surface area contributed by atoms with Crippen molar-refractivity contribution in [2.75, 3.05) is 46.4 Å². The number of nitrogens with zero attached hydrogens (tertiary/aromatic N) is 2. The van der Waals surface area contributed by atoms with Gasteiger partial charge in [0.2, 0.25) is 0 Å². The molecule has 1 aromatic carbocycles. The molecule has 2 aromatic rings. The summed E-state index contributed by atoms with van der Waals surface area (Å²) >= 11 is 0. The largest absolute Gasteiger partial charge is 0.379 e. The summed E-state index contributed by atoms with van der Waals surface area (Å²) < 4.78 is 5.46. The van der Waals surface area contributed by atoms with Crippen LogP contribution in [0.3, 0.4) is 0 Å². The number of aliphatic imine (C=N–C) groups is 1. The first-order valence-corrected chi connectivity index (χ1v) is 9.92. The Morgan fingerprint density at radius 3 is 2.78 bits per heavy atom. The van der Waals surface area contributed by atoms with Crippen LogP contribution in [0.1, 0.15) is 25.8 Å². The van der Waals surface area contributed by atoms with Gasteiger partial charge in [0.15, 0.2) is 5.96 Å². The van der Waals surface area contributed by atoms with E-state index in [4.69, 9.17) is 4.74 Å². The zero-order chi connectivity index (χ0) is 19.1. The van der Waals surface area contributed by atoms with Crippen molar-refractivity contribution in [2.24, 2.45) is 4.99 Å². The number of hydrogen-bond donors (Lipinski definition) is 3. The van der Waals surface area contributed by atoms with Crippen molar-refractivity contribution in [2.45, 2.75) is 32.2 Å². The Morgan fingerprint density at radius 1 is 1.22 bits per heavy atom. The highest BCUT2D eigenvalue weighted by atomic mass is 16.5. The predicted octanol–water partition coefficient (Wildman–Crippen LogP) is 2.38. The molecule has 1 aliphatic heterocycles. The summed E-state index contributed by atoms with van der Waals surface area (Å²) in [5, 5.41) is 8.25. The Morgan fingerprint density at radius 2 is 2.00 bits per heavy atom. The standard InChI is InChI=1S/C21H33N5O/c1-21(2,26-11-13-27-14-12-26)16-25-20(22-3)23-10-6-7-17-15-24-19-9-5-4-8-18(17)19/h4-5,8-9,15,24H,6-7,10-14,16H2,1-3H3,(H2,22,23,25). The molecule has 0 radical (unpaired) electrons. The first-order chi connectivity index (χ1) is 13.1. The van der Waals surface area contributed by atoms with Crippen LogP contribution >= 0.6 is 0 Å². The molecule has 0 spiro atoms. The second-order valence-electron chi connectivity index (χ2n) is 7.73. The van der Waals surface area contributed by atoms with Gasteiger partial charge in [-0.1, -0.05) is 18.2 Å². The molecule has 2 heterocycles. The fraction of sp³-hybridized carbons (Fsp3) is 0.571. The van der Waals surface area contributed by atoms with Gasteiger partial charge in [0.25, 0.3) is 0 Å². The smallest absolute Gasteiger partial charge is 0.191 e. The number of ether oxygens (including phenoxy) is 1. The molecule has 0 aliphatic carbocycles. The lowest BCUT2D eigenvalue weighted by molar-refractivity contribution is -0.00833. The number of H-pyrrole nitrogens is 1. The Kier molecular flexibility index (Phi) is 6.74. The lowest BCUT2D eigenvalue weighted by Crippen LogP contribution is -2.56. The first-order valence-electron chi connectivity index (χ1n) is 9.92. The van der Waals surface area contributed by atoms with Gasteiger partial charge in [0.05, 0.1) is 13.2 Å². The van der Waals surface area contributed by atoms with Gasteiger partial charge in [-0.2, -0.15) is 0 Å². The lowest BCUT2D eigenvalue weighted by atomic mass is 10.0. The van der Waals surface area contributed by atoms with Crippen LogP contribution in [-0.4, -0.2) is 67.8 Å². The molecule has 1 aromatic heterocycles. The molecule has 0 amide bonds. The topological polar surface area (TPSA) is 64.7 Å². The summed E-state index contributed by atoms with van der Waals surface area (Å²) in [7, 11) is 1.83. The zero-order valence-electron chi connectivity index (χ0n) is 16.8. The van der Waals surface area contributed by atoms with E-state index in [0.717, 1.165) is 58.2 Å². The third kappa shape index (κ3) is 5.23. The molecular weight excluding hydrogens is 338 g/mol. The molecule has 27 heavy (non-hydrogen) atoms. The Balaban J connectivity index is 1.41. The highest BCUT2D eigenvalue weighted by molar-refractivity contribution is 5.83. The third-order valence-electron chi connectivity index (χ3n) is 5.37. The van der Waals surface area contributed by atoms with Crippen molar-refractivity contribution in [3.05, 3.63) is 36.0 Å². The minimum atomic E-state index is 0.0748. The SMILES string of the molecule is CN=C(NCCCc1c[nH]c2ccccc12)NCC(C)(C)N1CCOCC1. The van der Waals surface area contributed by atoms with E-state index in [1.807, 2.05) is 7.05 Å². The number of aromatic amines is 1. The number of hydrogen-bond acceptors (Lipinski definition) is 3. The van der Waals surface area contributed by atoms with E-state index in [1.165, 1.54) is 16.5 Å². The maximum absolute atomic E-state index is 5.46. The third-order valence-corrected chi connectivity index (χ3v) is 5.37. The fourth-order valence-corrected chi connectivity index (χ4v) is 3.63. The molecular formula is C21H33N5O. The van der Waals surface area contributed by atoms with E-state index < -0.39 is 0 Å². The van der Waals surface area contributed by atoms with E-state index in [9.17, 15) is 0 Å². The minimum Gasteiger partial charge on any atom is -0.379 e. The molecule has 6 heteroatoms. The second kappa shape index (κ2) is 9.24. The number of rotatable bonds is 7. The van der Waals surface area contributed by atoms with Crippen LogP contribution in [0.15, 0.2) is 35.5 Å². The van der Waals surface area contributed by atoms with Crippen molar-refractivity contribution >= 4 is 16.9 Å². The van der Waals surface area contributed by atoms with Crippen LogP contribution in [0.25, 0.3) is 10.9 Å². The molecule has 1 saturated heterocycles. The molecule has 1 aliphatic rings. The van der Waals surface area contributed by atoms with Gasteiger partial charge < -0.3 is 20.4 Å². The van der Waals surface area contributed by atoms with Crippen molar-refractivity contribution in [3.8, 4) is 0 Å². The quantitative estimate of drug-likeness (QED) is 0.397.